The fraction of sp³-hybridized carbons (Fsp3) is 0.667. The van der Waals surface area contributed by atoms with Crippen molar-refractivity contribution in [3.63, 3.8) is 0 Å². The zero-order valence-corrected chi connectivity index (χ0v) is 24.5. The van der Waals surface area contributed by atoms with Gasteiger partial charge in [-0.05, 0) is 97.5 Å². The molecule has 1 saturated carbocycles. The standard InChI is InChI=1S/C30H48N10/c1-38(18-8-20-39(2)26-10-4-3-5-11-26)19-9-21-40-23-25(36-37-40)22-32-30-34-28-13-7-6-12-27(28)29(35-30)33-24-14-16-31-17-15-24/h6-7,12-13,23-24,26,31H,3-5,8-11,14-22H2,1-2H3,(H2,32,33,34,35). The Kier molecular flexibility index (Phi) is 10.6. The summed E-state index contributed by atoms with van der Waals surface area (Å²) in [6, 6.07) is 9.42. The van der Waals surface area contributed by atoms with Gasteiger partial charge in [0.25, 0.3) is 0 Å². The van der Waals surface area contributed by atoms with Gasteiger partial charge in [0.2, 0.25) is 5.95 Å². The van der Waals surface area contributed by atoms with Gasteiger partial charge in [-0.25, -0.2) is 4.98 Å². The molecule has 2 fully saturated rings. The third kappa shape index (κ3) is 8.34. The number of fused-ring (bicyclic) bond motifs is 1. The number of nitrogens with one attached hydrogen (secondary N) is 3. The minimum atomic E-state index is 0.425. The lowest BCUT2D eigenvalue weighted by atomic mass is 9.94. The molecule has 0 unspecified atom stereocenters. The van der Waals surface area contributed by atoms with Crippen LogP contribution in [0.3, 0.4) is 0 Å². The van der Waals surface area contributed by atoms with Crippen LogP contribution in [0.4, 0.5) is 11.8 Å². The van der Waals surface area contributed by atoms with Crippen LogP contribution in [0.25, 0.3) is 10.9 Å². The lowest BCUT2D eigenvalue weighted by Crippen LogP contribution is -2.35. The van der Waals surface area contributed by atoms with E-state index in [2.05, 4.69) is 56.2 Å². The normalized spacial score (nSPS) is 17.2. The number of rotatable bonds is 14. The summed E-state index contributed by atoms with van der Waals surface area (Å²) < 4.78 is 1.95. The predicted molar refractivity (Wildman–Crippen MR) is 163 cm³/mol. The van der Waals surface area contributed by atoms with Gasteiger partial charge in [-0.2, -0.15) is 4.98 Å². The maximum absolute atomic E-state index is 4.83. The first-order valence-electron chi connectivity index (χ1n) is 15.4. The number of aryl methyl sites for hydroxylation is 1. The Balaban J connectivity index is 1.05. The van der Waals surface area contributed by atoms with E-state index in [1.165, 1.54) is 45.1 Å². The number of nitrogens with zero attached hydrogens (tertiary/aromatic N) is 7. The molecule has 3 aromatic rings. The van der Waals surface area contributed by atoms with Gasteiger partial charge < -0.3 is 25.8 Å². The highest BCUT2D eigenvalue weighted by atomic mass is 15.4. The molecule has 218 valence electrons. The van der Waals surface area contributed by atoms with Crippen molar-refractivity contribution in [1.29, 1.82) is 0 Å². The molecule has 1 aliphatic carbocycles. The fourth-order valence-corrected chi connectivity index (χ4v) is 6.03. The Labute approximate surface area is 239 Å². The van der Waals surface area contributed by atoms with Crippen LogP contribution in [0.15, 0.2) is 30.5 Å². The van der Waals surface area contributed by atoms with E-state index < -0.39 is 0 Å². The molecule has 40 heavy (non-hydrogen) atoms. The summed E-state index contributed by atoms with van der Waals surface area (Å²) in [5.41, 5.74) is 1.83. The minimum Gasteiger partial charge on any atom is -0.367 e. The zero-order valence-electron chi connectivity index (χ0n) is 24.5. The number of benzene rings is 1. The second kappa shape index (κ2) is 14.7. The highest BCUT2D eigenvalue weighted by Crippen LogP contribution is 2.24. The molecule has 3 heterocycles. The highest BCUT2D eigenvalue weighted by molar-refractivity contribution is 5.90. The van der Waals surface area contributed by atoms with E-state index in [4.69, 9.17) is 9.97 Å². The van der Waals surface area contributed by atoms with E-state index >= 15 is 0 Å². The molecule has 0 atom stereocenters. The van der Waals surface area contributed by atoms with Crippen LogP contribution in [-0.2, 0) is 13.1 Å². The monoisotopic (exact) mass is 548 g/mol. The Morgan fingerprint density at radius 2 is 1.75 bits per heavy atom. The van der Waals surface area contributed by atoms with Gasteiger partial charge in [0.1, 0.15) is 11.5 Å². The quantitative estimate of drug-likeness (QED) is 0.276. The lowest BCUT2D eigenvalue weighted by molar-refractivity contribution is 0.181. The fourth-order valence-electron chi connectivity index (χ4n) is 6.03. The van der Waals surface area contributed by atoms with Crippen molar-refractivity contribution in [2.75, 3.05) is 57.5 Å². The summed E-state index contributed by atoms with van der Waals surface area (Å²) in [5.74, 6) is 1.51. The van der Waals surface area contributed by atoms with Gasteiger partial charge >= 0.3 is 0 Å². The van der Waals surface area contributed by atoms with E-state index in [9.17, 15) is 0 Å². The van der Waals surface area contributed by atoms with Gasteiger partial charge in [-0.3, -0.25) is 4.68 Å². The Hall–Kier alpha value is -2.82. The Bertz CT molecular complexity index is 1170. The summed E-state index contributed by atoms with van der Waals surface area (Å²) in [5, 5.41) is 20.2. The summed E-state index contributed by atoms with van der Waals surface area (Å²) >= 11 is 0. The van der Waals surface area contributed by atoms with Crippen LogP contribution >= 0.6 is 0 Å². The van der Waals surface area contributed by atoms with Crippen LogP contribution < -0.4 is 16.0 Å². The van der Waals surface area contributed by atoms with Crippen LogP contribution in [-0.4, -0.2) is 93.7 Å². The SMILES string of the molecule is CN(CCCN(C)C1CCCCC1)CCCn1cc(CNc2nc(NC3CCNCC3)c3ccccc3n2)nn1. The zero-order chi connectivity index (χ0) is 27.6. The maximum atomic E-state index is 4.83. The van der Waals surface area contributed by atoms with Gasteiger partial charge in [0, 0.05) is 24.0 Å². The minimum absolute atomic E-state index is 0.425. The average Bonchev–Trinajstić information content (AvgIpc) is 3.44. The van der Waals surface area contributed by atoms with Gasteiger partial charge in [-0.1, -0.05) is 36.6 Å². The Morgan fingerprint density at radius 3 is 2.60 bits per heavy atom. The molecule has 5 rings (SSSR count). The highest BCUT2D eigenvalue weighted by Gasteiger charge is 2.18. The molecule has 0 spiro atoms. The molecule has 1 aromatic carbocycles. The van der Waals surface area contributed by atoms with Crippen molar-refractivity contribution in [2.45, 2.75) is 83.0 Å². The summed E-state index contributed by atoms with van der Waals surface area (Å²) in [6.45, 7) is 6.90. The molecular weight excluding hydrogens is 500 g/mol. The molecule has 1 aliphatic heterocycles. The molecule has 2 aromatic heterocycles. The topological polar surface area (TPSA) is 99.1 Å². The van der Waals surface area contributed by atoms with Crippen molar-refractivity contribution in [3.05, 3.63) is 36.2 Å². The molecule has 0 amide bonds. The predicted octanol–water partition coefficient (Wildman–Crippen LogP) is 3.97. The van der Waals surface area contributed by atoms with Crippen molar-refractivity contribution in [1.82, 2.24) is 40.1 Å². The molecule has 3 N–H and O–H groups in total. The molecular formula is C30H48N10. The number of anilines is 2. The van der Waals surface area contributed by atoms with E-state index in [1.54, 1.807) is 0 Å². The van der Waals surface area contributed by atoms with E-state index in [0.717, 1.165) is 80.4 Å². The second-order valence-corrected chi connectivity index (χ2v) is 11.7. The number of piperidine rings is 1. The summed E-state index contributed by atoms with van der Waals surface area (Å²) in [6.07, 6.45) is 13.5. The van der Waals surface area contributed by atoms with Crippen LogP contribution in [0.5, 0.6) is 0 Å². The largest absolute Gasteiger partial charge is 0.367 e. The average molecular weight is 549 g/mol. The van der Waals surface area contributed by atoms with E-state index in [-0.39, 0.29) is 0 Å². The van der Waals surface area contributed by atoms with Gasteiger partial charge in [0.05, 0.1) is 18.3 Å². The van der Waals surface area contributed by atoms with E-state index in [0.29, 0.717) is 18.5 Å². The van der Waals surface area contributed by atoms with Crippen molar-refractivity contribution < 1.29 is 0 Å². The first-order valence-corrected chi connectivity index (χ1v) is 15.4. The first kappa shape index (κ1) is 28.7. The molecule has 0 radical (unpaired) electrons. The van der Waals surface area contributed by atoms with Gasteiger partial charge in [0.15, 0.2) is 0 Å². The molecule has 1 saturated heterocycles. The third-order valence-corrected chi connectivity index (χ3v) is 8.47. The lowest BCUT2D eigenvalue weighted by Gasteiger charge is -2.31. The number of para-hydroxylation sites is 1. The number of hydrogen-bond acceptors (Lipinski definition) is 9. The molecule has 10 heteroatoms. The summed E-state index contributed by atoms with van der Waals surface area (Å²) in [4.78, 5) is 14.6. The smallest absolute Gasteiger partial charge is 0.225 e. The first-order chi connectivity index (χ1) is 19.6. The van der Waals surface area contributed by atoms with Crippen LogP contribution in [0.1, 0.15) is 63.5 Å². The van der Waals surface area contributed by atoms with Crippen molar-refractivity contribution in [2.24, 2.45) is 0 Å². The van der Waals surface area contributed by atoms with E-state index in [1.807, 2.05) is 29.1 Å². The third-order valence-electron chi connectivity index (χ3n) is 8.47. The maximum Gasteiger partial charge on any atom is 0.225 e. The molecule has 10 nitrogen and oxygen atoms in total. The van der Waals surface area contributed by atoms with Gasteiger partial charge in [-0.15, -0.1) is 5.10 Å². The van der Waals surface area contributed by atoms with Crippen molar-refractivity contribution in [3.8, 4) is 0 Å². The molecule has 0 bridgehead atoms. The van der Waals surface area contributed by atoms with Crippen LogP contribution in [0, 0.1) is 0 Å². The number of hydrogen-bond donors (Lipinski definition) is 3. The molecule has 2 aliphatic rings. The summed E-state index contributed by atoms with van der Waals surface area (Å²) in [7, 11) is 4.54. The number of aromatic nitrogens is 5. The van der Waals surface area contributed by atoms with Crippen LogP contribution in [0.2, 0.25) is 0 Å². The second-order valence-electron chi connectivity index (χ2n) is 11.7. The Morgan fingerprint density at radius 1 is 0.950 bits per heavy atom. The van der Waals surface area contributed by atoms with Crippen molar-refractivity contribution >= 4 is 22.7 Å².